The lowest BCUT2D eigenvalue weighted by Gasteiger charge is -2.24. The molecule has 0 radical (unpaired) electrons. The summed E-state index contributed by atoms with van der Waals surface area (Å²) < 4.78 is 0. The minimum atomic E-state index is -0.671. The predicted octanol–water partition coefficient (Wildman–Crippen LogP) is 0.567. The van der Waals surface area contributed by atoms with Crippen molar-refractivity contribution in [3.63, 3.8) is 0 Å². The van der Waals surface area contributed by atoms with Crippen LogP contribution in [0.3, 0.4) is 0 Å². The highest BCUT2D eigenvalue weighted by Crippen LogP contribution is 2.00. The van der Waals surface area contributed by atoms with Crippen LogP contribution < -0.4 is 16.0 Å². The number of rotatable bonds is 5. The van der Waals surface area contributed by atoms with Gasteiger partial charge in [-0.05, 0) is 34.6 Å². The standard InChI is InChI=1S/C14H27N3O3/c1-8(2)11(18)15-9(3)12(19)16-10(4)13(20)17-14(5,6)7/h8-10H,1-7H3,(H,15,18)(H,16,19)(H,17,20). The Morgan fingerprint density at radius 2 is 1.15 bits per heavy atom. The van der Waals surface area contributed by atoms with E-state index in [1.54, 1.807) is 27.7 Å². The molecule has 0 aliphatic carbocycles. The molecule has 2 unspecified atom stereocenters. The largest absolute Gasteiger partial charge is 0.350 e. The fourth-order valence-corrected chi connectivity index (χ4v) is 1.33. The summed E-state index contributed by atoms with van der Waals surface area (Å²) in [6.45, 7) is 12.3. The molecule has 0 saturated heterocycles. The van der Waals surface area contributed by atoms with Gasteiger partial charge in [0.15, 0.2) is 0 Å². The molecular formula is C14H27N3O3. The van der Waals surface area contributed by atoms with Crippen molar-refractivity contribution in [1.82, 2.24) is 16.0 Å². The molecule has 0 saturated carbocycles. The lowest BCUT2D eigenvalue weighted by Crippen LogP contribution is -2.54. The zero-order chi connectivity index (χ0) is 16.1. The molecule has 3 N–H and O–H groups in total. The molecule has 0 aromatic carbocycles. The number of nitrogens with one attached hydrogen (secondary N) is 3. The van der Waals surface area contributed by atoms with Gasteiger partial charge in [0.25, 0.3) is 0 Å². The zero-order valence-electron chi connectivity index (χ0n) is 13.5. The van der Waals surface area contributed by atoms with E-state index in [1.165, 1.54) is 0 Å². The lowest BCUT2D eigenvalue weighted by atomic mass is 10.1. The van der Waals surface area contributed by atoms with Gasteiger partial charge in [0, 0.05) is 11.5 Å². The summed E-state index contributed by atoms with van der Waals surface area (Å²) in [5.41, 5.74) is -0.354. The Labute approximate surface area is 121 Å². The van der Waals surface area contributed by atoms with E-state index in [0.29, 0.717) is 0 Å². The summed E-state index contributed by atoms with van der Waals surface area (Å²) in [5, 5.41) is 7.95. The SMILES string of the molecule is CC(C)C(=O)NC(C)C(=O)NC(C)C(=O)NC(C)(C)C. The Kier molecular flexibility index (Phi) is 6.68. The average Bonchev–Trinajstić information content (AvgIpc) is 2.25. The molecule has 3 amide bonds. The summed E-state index contributed by atoms with van der Waals surface area (Å²) in [4.78, 5) is 35.2. The van der Waals surface area contributed by atoms with Crippen LogP contribution in [-0.2, 0) is 14.4 Å². The van der Waals surface area contributed by atoms with Gasteiger partial charge in [0.1, 0.15) is 12.1 Å². The van der Waals surface area contributed by atoms with E-state index in [0.717, 1.165) is 0 Å². The highest BCUT2D eigenvalue weighted by molar-refractivity contribution is 5.92. The third-order valence-electron chi connectivity index (χ3n) is 2.53. The highest BCUT2D eigenvalue weighted by atomic mass is 16.2. The molecule has 0 heterocycles. The van der Waals surface area contributed by atoms with Gasteiger partial charge in [0.2, 0.25) is 17.7 Å². The van der Waals surface area contributed by atoms with Crippen molar-refractivity contribution < 1.29 is 14.4 Å². The monoisotopic (exact) mass is 285 g/mol. The lowest BCUT2D eigenvalue weighted by molar-refractivity contribution is -0.132. The Balaban J connectivity index is 4.38. The van der Waals surface area contributed by atoms with Crippen molar-refractivity contribution in [3.05, 3.63) is 0 Å². The minimum Gasteiger partial charge on any atom is -0.350 e. The highest BCUT2D eigenvalue weighted by Gasteiger charge is 2.23. The maximum absolute atomic E-state index is 11.9. The van der Waals surface area contributed by atoms with Crippen LogP contribution in [0.1, 0.15) is 48.5 Å². The topological polar surface area (TPSA) is 87.3 Å². The molecule has 0 spiro atoms. The fraction of sp³-hybridized carbons (Fsp3) is 0.786. The van der Waals surface area contributed by atoms with Crippen molar-refractivity contribution in [2.75, 3.05) is 0 Å². The average molecular weight is 285 g/mol. The van der Waals surface area contributed by atoms with Crippen LogP contribution in [0.4, 0.5) is 0 Å². The van der Waals surface area contributed by atoms with E-state index in [9.17, 15) is 14.4 Å². The Morgan fingerprint density at radius 3 is 1.55 bits per heavy atom. The van der Waals surface area contributed by atoms with Crippen LogP contribution in [0.15, 0.2) is 0 Å². The molecule has 116 valence electrons. The van der Waals surface area contributed by atoms with Crippen molar-refractivity contribution in [3.8, 4) is 0 Å². The molecule has 0 rings (SSSR count). The van der Waals surface area contributed by atoms with Gasteiger partial charge in [-0.25, -0.2) is 0 Å². The first-order valence-corrected chi connectivity index (χ1v) is 6.87. The first kappa shape index (κ1) is 18.4. The number of carbonyl (C=O) groups is 3. The summed E-state index contributed by atoms with van der Waals surface area (Å²) >= 11 is 0. The van der Waals surface area contributed by atoms with Gasteiger partial charge in [-0.2, -0.15) is 0 Å². The summed E-state index contributed by atoms with van der Waals surface area (Å²) in [6, 6.07) is -1.32. The number of amides is 3. The second kappa shape index (κ2) is 7.26. The third-order valence-corrected chi connectivity index (χ3v) is 2.53. The van der Waals surface area contributed by atoms with Crippen molar-refractivity contribution >= 4 is 17.7 Å². The van der Waals surface area contributed by atoms with Crippen molar-refractivity contribution in [1.29, 1.82) is 0 Å². The maximum atomic E-state index is 11.9. The van der Waals surface area contributed by atoms with Crippen LogP contribution in [0.25, 0.3) is 0 Å². The van der Waals surface area contributed by atoms with Gasteiger partial charge < -0.3 is 16.0 Å². The quantitative estimate of drug-likeness (QED) is 0.690. The van der Waals surface area contributed by atoms with Crippen molar-refractivity contribution in [2.24, 2.45) is 5.92 Å². The molecule has 0 aromatic rings. The van der Waals surface area contributed by atoms with Gasteiger partial charge in [-0.3, -0.25) is 14.4 Å². The Bertz CT molecular complexity index is 372. The number of hydrogen-bond donors (Lipinski definition) is 3. The summed E-state index contributed by atoms with van der Waals surface area (Å²) in [6.07, 6.45) is 0. The van der Waals surface area contributed by atoms with Gasteiger partial charge >= 0.3 is 0 Å². The predicted molar refractivity (Wildman–Crippen MR) is 77.9 cm³/mol. The Morgan fingerprint density at radius 1 is 0.750 bits per heavy atom. The van der Waals surface area contributed by atoms with Crippen LogP contribution in [0.5, 0.6) is 0 Å². The van der Waals surface area contributed by atoms with E-state index in [1.807, 2.05) is 20.8 Å². The van der Waals surface area contributed by atoms with Crippen LogP contribution in [-0.4, -0.2) is 35.3 Å². The second-order valence-electron chi connectivity index (χ2n) is 6.35. The molecule has 6 nitrogen and oxygen atoms in total. The smallest absolute Gasteiger partial charge is 0.242 e. The van der Waals surface area contributed by atoms with Gasteiger partial charge in [-0.1, -0.05) is 13.8 Å². The summed E-state index contributed by atoms with van der Waals surface area (Å²) in [5.74, 6) is -1.02. The normalized spacial score (nSPS) is 14.4. The molecule has 0 aliphatic rings. The van der Waals surface area contributed by atoms with E-state index >= 15 is 0 Å². The molecule has 0 fully saturated rings. The minimum absolute atomic E-state index is 0.188. The molecule has 0 aliphatic heterocycles. The van der Waals surface area contributed by atoms with E-state index in [-0.39, 0.29) is 29.2 Å². The van der Waals surface area contributed by atoms with Gasteiger partial charge in [0.05, 0.1) is 0 Å². The Hall–Kier alpha value is -1.59. The molecule has 6 heteroatoms. The zero-order valence-corrected chi connectivity index (χ0v) is 13.5. The first-order chi connectivity index (χ1) is 8.94. The van der Waals surface area contributed by atoms with Crippen LogP contribution in [0, 0.1) is 5.92 Å². The molecular weight excluding hydrogens is 258 g/mol. The molecule has 2 atom stereocenters. The maximum Gasteiger partial charge on any atom is 0.242 e. The fourth-order valence-electron chi connectivity index (χ4n) is 1.33. The van der Waals surface area contributed by atoms with E-state index < -0.39 is 12.1 Å². The van der Waals surface area contributed by atoms with Crippen LogP contribution >= 0.6 is 0 Å². The molecule has 0 bridgehead atoms. The number of carbonyl (C=O) groups excluding carboxylic acids is 3. The second-order valence-corrected chi connectivity index (χ2v) is 6.35. The third kappa shape index (κ3) is 7.11. The number of hydrogen-bond acceptors (Lipinski definition) is 3. The molecule has 0 aromatic heterocycles. The van der Waals surface area contributed by atoms with Gasteiger partial charge in [-0.15, -0.1) is 0 Å². The van der Waals surface area contributed by atoms with E-state index in [2.05, 4.69) is 16.0 Å². The first-order valence-electron chi connectivity index (χ1n) is 6.87. The summed E-state index contributed by atoms with van der Waals surface area (Å²) in [7, 11) is 0. The molecule has 20 heavy (non-hydrogen) atoms. The van der Waals surface area contributed by atoms with Crippen LogP contribution in [0.2, 0.25) is 0 Å². The van der Waals surface area contributed by atoms with E-state index in [4.69, 9.17) is 0 Å². The van der Waals surface area contributed by atoms with Crippen molar-refractivity contribution in [2.45, 2.75) is 66.1 Å².